The fraction of sp³-hybridized carbons (Fsp3) is 0.294. The Balaban J connectivity index is 2.06. The number of hydrogen-bond acceptors (Lipinski definition) is 4. The molecule has 0 saturated carbocycles. The lowest BCUT2D eigenvalue weighted by atomic mass is 10.1. The van der Waals surface area contributed by atoms with E-state index in [0.29, 0.717) is 17.2 Å². The SMILES string of the molecule is COc1cc(CNCc2ccccc2)cc(OC)c1OC. The summed E-state index contributed by atoms with van der Waals surface area (Å²) in [6.07, 6.45) is 0. The average Bonchev–Trinajstić information content (AvgIpc) is 2.54. The van der Waals surface area contributed by atoms with Gasteiger partial charge in [0, 0.05) is 13.1 Å². The normalized spacial score (nSPS) is 10.2. The number of benzene rings is 2. The van der Waals surface area contributed by atoms with Gasteiger partial charge in [-0.15, -0.1) is 0 Å². The van der Waals surface area contributed by atoms with E-state index in [1.54, 1.807) is 21.3 Å². The zero-order valence-corrected chi connectivity index (χ0v) is 12.7. The molecule has 0 bridgehead atoms. The van der Waals surface area contributed by atoms with Gasteiger partial charge in [-0.1, -0.05) is 30.3 Å². The van der Waals surface area contributed by atoms with Crippen molar-refractivity contribution in [3.8, 4) is 17.2 Å². The van der Waals surface area contributed by atoms with Gasteiger partial charge in [0.2, 0.25) is 5.75 Å². The van der Waals surface area contributed by atoms with Crippen LogP contribution in [0, 0.1) is 0 Å². The van der Waals surface area contributed by atoms with Crippen LogP contribution in [0.2, 0.25) is 0 Å². The summed E-state index contributed by atoms with van der Waals surface area (Å²) < 4.78 is 16.0. The first-order valence-corrected chi connectivity index (χ1v) is 6.82. The lowest BCUT2D eigenvalue weighted by molar-refractivity contribution is 0.323. The molecule has 0 heterocycles. The van der Waals surface area contributed by atoms with Crippen LogP contribution in [-0.2, 0) is 13.1 Å². The first-order valence-electron chi connectivity index (χ1n) is 6.82. The summed E-state index contributed by atoms with van der Waals surface area (Å²) in [6.45, 7) is 1.54. The molecule has 0 aliphatic rings. The van der Waals surface area contributed by atoms with E-state index in [1.165, 1.54) is 5.56 Å². The minimum atomic E-state index is 0.617. The predicted octanol–water partition coefficient (Wildman–Crippen LogP) is 3.00. The third-order valence-corrected chi connectivity index (χ3v) is 3.23. The van der Waals surface area contributed by atoms with Gasteiger partial charge < -0.3 is 19.5 Å². The van der Waals surface area contributed by atoms with E-state index < -0.39 is 0 Å². The average molecular weight is 287 g/mol. The van der Waals surface area contributed by atoms with Crippen LogP contribution < -0.4 is 19.5 Å². The van der Waals surface area contributed by atoms with Crippen molar-refractivity contribution in [2.45, 2.75) is 13.1 Å². The van der Waals surface area contributed by atoms with Crippen LogP contribution in [0.25, 0.3) is 0 Å². The van der Waals surface area contributed by atoms with Crippen molar-refractivity contribution in [3.63, 3.8) is 0 Å². The highest BCUT2D eigenvalue weighted by Crippen LogP contribution is 2.38. The quantitative estimate of drug-likeness (QED) is 0.850. The second-order valence-corrected chi connectivity index (χ2v) is 4.62. The number of ether oxygens (including phenoxy) is 3. The molecule has 112 valence electrons. The standard InChI is InChI=1S/C17H21NO3/c1-19-15-9-14(10-16(20-2)17(15)21-3)12-18-11-13-7-5-4-6-8-13/h4-10,18H,11-12H2,1-3H3. The monoisotopic (exact) mass is 287 g/mol. The van der Waals surface area contributed by atoms with Gasteiger partial charge in [-0.2, -0.15) is 0 Å². The maximum atomic E-state index is 5.35. The topological polar surface area (TPSA) is 39.7 Å². The van der Waals surface area contributed by atoms with Crippen molar-refractivity contribution >= 4 is 0 Å². The largest absolute Gasteiger partial charge is 0.493 e. The smallest absolute Gasteiger partial charge is 0.203 e. The first-order chi connectivity index (χ1) is 10.3. The molecule has 0 atom stereocenters. The molecule has 4 nitrogen and oxygen atoms in total. The van der Waals surface area contributed by atoms with Gasteiger partial charge in [0.1, 0.15) is 0 Å². The van der Waals surface area contributed by atoms with Gasteiger partial charge in [0.25, 0.3) is 0 Å². The predicted molar refractivity (Wildman–Crippen MR) is 83.1 cm³/mol. The highest BCUT2D eigenvalue weighted by atomic mass is 16.5. The number of nitrogens with one attached hydrogen (secondary N) is 1. The lowest BCUT2D eigenvalue weighted by Gasteiger charge is -2.14. The van der Waals surface area contributed by atoms with E-state index >= 15 is 0 Å². The number of rotatable bonds is 7. The Hall–Kier alpha value is -2.20. The van der Waals surface area contributed by atoms with Crippen LogP contribution >= 0.6 is 0 Å². The Morgan fingerprint density at radius 3 is 1.86 bits per heavy atom. The molecule has 21 heavy (non-hydrogen) atoms. The zero-order chi connectivity index (χ0) is 15.1. The van der Waals surface area contributed by atoms with Crippen LogP contribution in [0.15, 0.2) is 42.5 Å². The Kier molecular flexibility index (Phi) is 5.46. The highest BCUT2D eigenvalue weighted by Gasteiger charge is 2.12. The van der Waals surface area contributed by atoms with Crippen molar-refractivity contribution in [2.75, 3.05) is 21.3 Å². The van der Waals surface area contributed by atoms with E-state index in [9.17, 15) is 0 Å². The van der Waals surface area contributed by atoms with E-state index in [4.69, 9.17) is 14.2 Å². The minimum Gasteiger partial charge on any atom is -0.493 e. The molecule has 0 aromatic heterocycles. The molecule has 0 fully saturated rings. The van der Waals surface area contributed by atoms with E-state index in [2.05, 4.69) is 17.4 Å². The maximum absolute atomic E-state index is 5.35. The van der Waals surface area contributed by atoms with Gasteiger partial charge in [-0.3, -0.25) is 0 Å². The zero-order valence-electron chi connectivity index (χ0n) is 12.7. The molecule has 0 spiro atoms. The van der Waals surface area contributed by atoms with E-state index in [0.717, 1.165) is 18.7 Å². The molecule has 0 radical (unpaired) electrons. The Bertz CT molecular complexity index is 544. The second kappa shape index (κ2) is 7.55. The van der Waals surface area contributed by atoms with Crippen LogP contribution in [0.3, 0.4) is 0 Å². The summed E-state index contributed by atoms with van der Waals surface area (Å²) in [5.41, 5.74) is 2.34. The molecule has 1 N–H and O–H groups in total. The molecular weight excluding hydrogens is 266 g/mol. The third kappa shape index (κ3) is 3.89. The van der Waals surface area contributed by atoms with Crippen LogP contribution in [-0.4, -0.2) is 21.3 Å². The lowest BCUT2D eigenvalue weighted by Crippen LogP contribution is -2.12. The van der Waals surface area contributed by atoms with Crippen molar-refractivity contribution < 1.29 is 14.2 Å². The molecule has 2 aromatic carbocycles. The first kappa shape index (κ1) is 15.2. The molecule has 0 aliphatic heterocycles. The van der Waals surface area contributed by atoms with Gasteiger partial charge in [0.15, 0.2) is 11.5 Å². The number of methoxy groups -OCH3 is 3. The van der Waals surface area contributed by atoms with Crippen LogP contribution in [0.1, 0.15) is 11.1 Å². The molecule has 0 saturated heterocycles. The summed E-state index contributed by atoms with van der Waals surface area (Å²) in [6, 6.07) is 14.2. The summed E-state index contributed by atoms with van der Waals surface area (Å²) in [7, 11) is 4.85. The summed E-state index contributed by atoms with van der Waals surface area (Å²) in [5.74, 6) is 1.97. The van der Waals surface area contributed by atoms with Crippen LogP contribution in [0.4, 0.5) is 0 Å². The van der Waals surface area contributed by atoms with Crippen molar-refractivity contribution in [3.05, 3.63) is 53.6 Å². The maximum Gasteiger partial charge on any atom is 0.203 e. The fourth-order valence-corrected chi connectivity index (χ4v) is 2.18. The molecular formula is C17H21NO3. The van der Waals surface area contributed by atoms with Gasteiger partial charge in [0.05, 0.1) is 21.3 Å². The summed E-state index contributed by atoms with van der Waals surface area (Å²) in [4.78, 5) is 0. The van der Waals surface area contributed by atoms with Crippen LogP contribution in [0.5, 0.6) is 17.2 Å². The molecule has 2 rings (SSSR count). The fourth-order valence-electron chi connectivity index (χ4n) is 2.18. The molecule has 2 aromatic rings. The molecule has 0 unspecified atom stereocenters. The van der Waals surface area contributed by atoms with E-state index in [-0.39, 0.29) is 0 Å². The summed E-state index contributed by atoms with van der Waals surface area (Å²) in [5, 5.41) is 3.41. The van der Waals surface area contributed by atoms with Crippen molar-refractivity contribution in [2.24, 2.45) is 0 Å². The summed E-state index contributed by atoms with van der Waals surface area (Å²) >= 11 is 0. The molecule has 0 aliphatic carbocycles. The Morgan fingerprint density at radius 2 is 1.33 bits per heavy atom. The highest BCUT2D eigenvalue weighted by molar-refractivity contribution is 5.53. The van der Waals surface area contributed by atoms with E-state index in [1.807, 2.05) is 30.3 Å². The second-order valence-electron chi connectivity index (χ2n) is 4.62. The van der Waals surface area contributed by atoms with Crippen molar-refractivity contribution in [1.82, 2.24) is 5.32 Å². The van der Waals surface area contributed by atoms with Gasteiger partial charge in [-0.25, -0.2) is 0 Å². The molecule has 4 heteroatoms. The third-order valence-electron chi connectivity index (χ3n) is 3.23. The van der Waals surface area contributed by atoms with Gasteiger partial charge in [-0.05, 0) is 23.3 Å². The Morgan fingerprint density at radius 1 is 0.762 bits per heavy atom. The van der Waals surface area contributed by atoms with Gasteiger partial charge >= 0.3 is 0 Å². The minimum absolute atomic E-state index is 0.617. The van der Waals surface area contributed by atoms with Crippen molar-refractivity contribution in [1.29, 1.82) is 0 Å². The molecule has 0 amide bonds. The Labute approximate surface area is 125 Å². The number of hydrogen-bond donors (Lipinski definition) is 1.